The largest absolute Gasteiger partial charge is 0.416 e. The molecule has 0 radical (unpaired) electrons. The number of nitrogens with one attached hydrogen (secondary N) is 1. The van der Waals surface area contributed by atoms with E-state index in [0.29, 0.717) is 29.5 Å². The second-order valence-electron chi connectivity index (χ2n) is 8.22. The van der Waals surface area contributed by atoms with E-state index in [4.69, 9.17) is 0 Å². The summed E-state index contributed by atoms with van der Waals surface area (Å²) in [5.74, 6) is -1.04. The first-order valence-corrected chi connectivity index (χ1v) is 12.3. The van der Waals surface area contributed by atoms with Gasteiger partial charge in [-0.3, -0.25) is 4.79 Å². The molecule has 1 aliphatic rings. The van der Waals surface area contributed by atoms with E-state index in [2.05, 4.69) is 5.32 Å². The highest BCUT2D eigenvalue weighted by Crippen LogP contribution is 2.32. The highest BCUT2D eigenvalue weighted by atomic mass is 32.2. The summed E-state index contributed by atoms with van der Waals surface area (Å²) < 4.78 is 79.4. The SMILES string of the molecule is O=C(NCc1cccc(-c2cccc(C(F)(F)F)c2)c1)[C@@H]1CCCN1S(=O)(=O)c1ccc(F)cc1. The molecule has 4 rings (SSSR count). The van der Waals surface area contributed by atoms with Crippen LogP contribution in [0.15, 0.2) is 77.7 Å². The minimum atomic E-state index is -4.46. The van der Waals surface area contributed by atoms with Gasteiger partial charge in [-0.2, -0.15) is 17.5 Å². The number of nitrogens with zero attached hydrogens (tertiary/aromatic N) is 1. The van der Waals surface area contributed by atoms with Crippen molar-refractivity contribution in [2.75, 3.05) is 6.54 Å². The molecule has 3 aromatic carbocycles. The lowest BCUT2D eigenvalue weighted by Gasteiger charge is -2.23. The minimum Gasteiger partial charge on any atom is -0.351 e. The number of benzene rings is 3. The molecule has 1 fully saturated rings. The average molecular weight is 507 g/mol. The third-order valence-corrected chi connectivity index (χ3v) is 7.77. The topological polar surface area (TPSA) is 66.5 Å². The number of sulfonamides is 1. The zero-order valence-electron chi connectivity index (χ0n) is 18.4. The van der Waals surface area contributed by atoms with Crippen LogP contribution in [0.25, 0.3) is 11.1 Å². The molecule has 0 saturated carbocycles. The third kappa shape index (κ3) is 5.54. The van der Waals surface area contributed by atoms with Gasteiger partial charge in [-0.15, -0.1) is 0 Å². The number of alkyl halides is 3. The Balaban J connectivity index is 1.46. The molecule has 0 aliphatic carbocycles. The fourth-order valence-corrected chi connectivity index (χ4v) is 5.73. The van der Waals surface area contributed by atoms with Crippen molar-refractivity contribution in [3.63, 3.8) is 0 Å². The van der Waals surface area contributed by atoms with Gasteiger partial charge >= 0.3 is 6.18 Å². The minimum absolute atomic E-state index is 0.0760. The van der Waals surface area contributed by atoms with Gasteiger partial charge in [-0.05, 0) is 72.0 Å². The molecule has 1 aliphatic heterocycles. The molecule has 1 saturated heterocycles. The van der Waals surface area contributed by atoms with Crippen LogP contribution in [0.1, 0.15) is 24.0 Å². The predicted octanol–water partition coefficient (Wildman–Crippen LogP) is 4.98. The molecule has 1 N–H and O–H groups in total. The summed E-state index contributed by atoms with van der Waals surface area (Å²) in [6, 6.07) is 15.3. The molecule has 1 atom stereocenters. The van der Waals surface area contributed by atoms with Gasteiger partial charge in [0.15, 0.2) is 0 Å². The van der Waals surface area contributed by atoms with Crippen LogP contribution < -0.4 is 5.32 Å². The third-order valence-electron chi connectivity index (χ3n) is 5.84. The number of amides is 1. The zero-order chi connectivity index (χ0) is 25.2. The van der Waals surface area contributed by atoms with Crippen molar-refractivity contribution in [3.05, 3.63) is 89.7 Å². The molecule has 1 amide bonds. The first-order chi connectivity index (χ1) is 16.6. The second kappa shape index (κ2) is 9.79. The fourth-order valence-electron chi connectivity index (χ4n) is 4.07. The van der Waals surface area contributed by atoms with Crippen molar-refractivity contribution in [1.29, 1.82) is 0 Å². The van der Waals surface area contributed by atoms with Crippen LogP contribution in [0.4, 0.5) is 17.6 Å². The molecule has 184 valence electrons. The van der Waals surface area contributed by atoms with Crippen molar-refractivity contribution >= 4 is 15.9 Å². The highest BCUT2D eigenvalue weighted by Gasteiger charge is 2.39. The number of carbonyl (C=O) groups excluding carboxylic acids is 1. The molecular formula is C25H22F4N2O3S. The first kappa shape index (κ1) is 24.9. The molecule has 0 spiro atoms. The summed E-state index contributed by atoms with van der Waals surface area (Å²) in [5, 5.41) is 2.73. The van der Waals surface area contributed by atoms with E-state index in [9.17, 15) is 30.8 Å². The molecule has 0 aromatic heterocycles. The Labute approximate surface area is 200 Å². The van der Waals surface area contributed by atoms with Gasteiger partial charge in [0.2, 0.25) is 15.9 Å². The summed E-state index contributed by atoms with van der Waals surface area (Å²) in [5.41, 5.74) is 0.848. The summed E-state index contributed by atoms with van der Waals surface area (Å²) in [6.45, 7) is 0.245. The Kier molecular flexibility index (Phi) is 6.95. The van der Waals surface area contributed by atoms with Crippen LogP contribution in [-0.4, -0.2) is 31.2 Å². The van der Waals surface area contributed by atoms with E-state index in [1.807, 2.05) is 0 Å². The standard InChI is InChI=1S/C25H22F4N2O3S/c26-21-9-11-22(12-10-21)35(33,34)31-13-3-8-23(31)24(32)30-16-17-4-1-5-18(14-17)19-6-2-7-20(15-19)25(27,28)29/h1-2,4-7,9-12,14-15,23H,3,8,13,16H2,(H,30,32)/t23-/m0/s1. The van der Waals surface area contributed by atoms with Gasteiger partial charge < -0.3 is 5.32 Å². The van der Waals surface area contributed by atoms with E-state index in [0.717, 1.165) is 40.7 Å². The van der Waals surface area contributed by atoms with Crippen LogP contribution >= 0.6 is 0 Å². The second-order valence-corrected chi connectivity index (χ2v) is 10.1. The van der Waals surface area contributed by atoms with E-state index in [1.165, 1.54) is 6.07 Å². The van der Waals surface area contributed by atoms with E-state index in [-0.39, 0.29) is 18.0 Å². The molecule has 1 heterocycles. The lowest BCUT2D eigenvalue weighted by atomic mass is 10.0. The van der Waals surface area contributed by atoms with E-state index in [1.54, 1.807) is 30.3 Å². The summed E-state index contributed by atoms with van der Waals surface area (Å²) >= 11 is 0. The predicted molar refractivity (Wildman–Crippen MR) is 122 cm³/mol. The van der Waals surface area contributed by atoms with Crippen LogP contribution in [-0.2, 0) is 27.5 Å². The number of hydrogen-bond acceptors (Lipinski definition) is 3. The Morgan fingerprint density at radius 3 is 2.31 bits per heavy atom. The average Bonchev–Trinajstić information content (AvgIpc) is 3.34. The van der Waals surface area contributed by atoms with Crippen LogP contribution in [0, 0.1) is 5.82 Å². The number of hydrogen-bond donors (Lipinski definition) is 1. The van der Waals surface area contributed by atoms with Crippen molar-refractivity contribution in [2.24, 2.45) is 0 Å². The Bertz CT molecular complexity index is 1330. The van der Waals surface area contributed by atoms with Gasteiger partial charge in [-0.25, -0.2) is 12.8 Å². The van der Waals surface area contributed by atoms with Gasteiger partial charge in [0.05, 0.1) is 10.5 Å². The van der Waals surface area contributed by atoms with Gasteiger partial charge in [0.1, 0.15) is 11.9 Å². The van der Waals surface area contributed by atoms with Crippen LogP contribution in [0.2, 0.25) is 0 Å². The maximum absolute atomic E-state index is 13.2. The normalized spacial score (nSPS) is 16.9. The molecule has 0 bridgehead atoms. The number of rotatable bonds is 6. The highest BCUT2D eigenvalue weighted by molar-refractivity contribution is 7.89. The molecular weight excluding hydrogens is 484 g/mol. The Hall–Kier alpha value is -3.24. The zero-order valence-corrected chi connectivity index (χ0v) is 19.2. The lowest BCUT2D eigenvalue weighted by Crippen LogP contribution is -2.45. The molecule has 5 nitrogen and oxygen atoms in total. The molecule has 3 aromatic rings. The van der Waals surface area contributed by atoms with Crippen molar-refractivity contribution in [3.8, 4) is 11.1 Å². The van der Waals surface area contributed by atoms with Crippen LogP contribution in [0.3, 0.4) is 0 Å². The smallest absolute Gasteiger partial charge is 0.351 e. The summed E-state index contributed by atoms with van der Waals surface area (Å²) in [6.07, 6.45) is -3.61. The van der Waals surface area contributed by atoms with Gasteiger partial charge in [0, 0.05) is 13.1 Å². The van der Waals surface area contributed by atoms with Crippen LogP contribution in [0.5, 0.6) is 0 Å². The maximum atomic E-state index is 13.2. The maximum Gasteiger partial charge on any atom is 0.416 e. The molecule has 0 unspecified atom stereocenters. The van der Waals surface area contributed by atoms with Gasteiger partial charge in [0.25, 0.3) is 0 Å². The van der Waals surface area contributed by atoms with E-state index >= 15 is 0 Å². The molecule has 35 heavy (non-hydrogen) atoms. The molecule has 10 heteroatoms. The lowest BCUT2D eigenvalue weighted by molar-refractivity contribution is -0.137. The monoisotopic (exact) mass is 506 g/mol. The Morgan fingerprint density at radius 2 is 1.63 bits per heavy atom. The Morgan fingerprint density at radius 1 is 0.971 bits per heavy atom. The fraction of sp³-hybridized carbons (Fsp3) is 0.240. The van der Waals surface area contributed by atoms with E-state index < -0.39 is 39.5 Å². The quantitative estimate of drug-likeness (QED) is 0.480. The summed E-state index contributed by atoms with van der Waals surface area (Å²) in [7, 11) is -3.98. The van der Waals surface area contributed by atoms with Gasteiger partial charge in [-0.1, -0.05) is 30.3 Å². The van der Waals surface area contributed by atoms with Crippen molar-refractivity contribution in [1.82, 2.24) is 9.62 Å². The number of halogens is 4. The number of carbonyl (C=O) groups is 1. The van der Waals surface area contributed by atoms with Crippen molar-refractivity contribution in [2.45, 2.75) is 36.5 Å². The summed E-state index contributed by atoms with van der Waals surface area (Å²) in [4.78, 5) is 12.8. The first-order valence-electron chi connectivity index (χ1n) is 10.9. The van der Waals surface area contributed by atoms with Crippen molar-refractivity contribution < 1.29 is 30.8 Å².